The van der Waals surface area contributed by atoms with Gasteiger partial charge in [-0.15, -0.1) is 0 Å². The Morgan fingerprint density at radius 3 is 2.33 bits per heavy atom. The Morgan fingerprint density at radius 1 is 1.05 bits per heavy atom. The minimum absolute atomic E-state index is 0.215. The van der Waals surface area contributed by atoms with E-state index in [9.17, 15) is 8.42 Å². The Kier molecular flexibility index (Phi) is 4.33. The molecule has 1 saturated carbocycles. The average molecular weight is 308 g/mol. The molecule has 0 spiro atoms. The minimum atomic E-state index is -3.36. The number of sulfonamides is 1. The standard InChI is InChI=1S/C16H24N2O2S/c17-12-13-7-9-15(10-8-13)21(19,20)18-11-3-6-16(18)14-4-1-2-5-14/h7-10,14,16H,1-6,11-12,17H2. The summed E-state index contributed by atoms with van der Waals surface area (Å²) in [4.78, 5) is 0.407. The molecule has 0 aromatic heterocycles. The molecular weight excluding hydrogens is 284 g/mol. The Hall–Kier alpha value is -0.910. The Labute approximate surface area is 127 Å². The fourth-order valence-corrected chi connectivity index (χ4v) is 5.56. The van der Waals surface area contributed by atoms with E-state index in [4.69, 9.17) is 5.73 Å². The number of rotatable bonds is 4. The molecule has 1 aliphatic heterocycles. The molecule has 1 unspecified atom stereocenters. The molecule has 0 radical (unpaired) electrons. The number of nitrogens with two attached hydrogens (primary N) is 1. The van der Waals surface area contributed by atoms with Gasteiger partial charge in [0, 0.05) is 19.1 Å². The van der Waals surface area contributed by atoms with E-state index < -0.39 is 10.0 Å². The first-order valence-corrected chi connectivity index (χ1v) is 9.38. The Bertz CT molecular complexity index is 577. The summed E-state index contributed by atoms with van der Waals surface area (Å²) >= 11 is 0. The zero-order valence-electron chi connectivity index (χ0n) is 12.4. The van der Waals surface area contributed by atoms with Crippen LogP contribution in [0.4, 0.5) is 0 Å². The summed E-state index contributed by atoms with van der Waals surface area (Å²) in [5.41, 5.74) is 6.54. The van der Waals surface area contributed by atoms with Crippen molar-refractivity contribution in [3.63, 3.8) is 0 Å². The summed E-state index contributed by atoms with van der Waals surface area (Å²) in [5, 5.41) is 0. The summed E-state index contributed by atoms with van der Waals surface area (Å²) in [6, 6.07) is 7.23. The topological polar surface area (TPSA) is 63.4 Å². The second-order valence-corrected chi connectivity index (χ2v) is 8.11. The second-order valence-electron chi connectivity index (χ2n) is 6.22. The molecule has 1 atom stereocenters. The monoisotopic (exact) mass is 308 g/mol. The largest absolute Gasteiger partial charge is 0.326 e. The van der Waals surface area contributed by atoms with Gasteiger partial charge >= 0.3 is 0 Å². The maximum atomic E-state index is 12.9. The lowest BCUT2D eigenvalue weighted by Gasteiger charge is -2.28. The molecule has 1 aromatic carbocycles. The molecule has 1 heterocycles. The molecular formula is C16H24N2O2S. The van der Waals surface area contributed by atoms with E-state index in [0.29, 0.717) is 23.9 Å². The maximum absolute atomic E-state index is 12.9. The molecule has 4 nitrogen and oxygen atoms in total. The zero-order valence-corrected chi connectivity index (χ0v) is 13.2. The van der Waals surface area contributed by atoms with Crippen molar-refractivity contribution in [1.82, 2.24) is 4.31 Å². The summed E-state index contributed by atoms with van der Waals surface area (Å²) in [7, 11) is -3.36. The highest BCUT2D eigenvalue weighted by Crippen LogP contribution is 2.38. The molecule has 2 N–H and O–H groups in total. The fraction of sp³-hybridized carbons (Fsp3) is 0.625. The average Bonchev–Trinajstić information content (AvgIpc) is 3.17. The molecule has 0 amide bonds. The van der Waals surface area contributed by atoms with Gasteiger partial charge in [0.1, 0.15) is 0 Å². The van der Waals surface area contributed by atoms with Crippen molar-refractivity contribution in [2.45, 2.75) is 56.0 Å². The summed E-state index contributed by atoms with van der Waals surface area (Å²) in [5.74, 6) is 0.561. The Morgan fingerprint density at radius 2 is 1.71 bits per heavy atom. The third-order valence-electron chi connectivity index (χ3n) is 4.96. The molecule has 116 valence electrons. The van der Waals surface area contributed by atoms with E-state index in [1.54, 1.807) is 16.4 Å². The van der Waals surface area contributed by atoms with E-state index in [2.05, 4.69) is 0 Å². The van der Waals surface area contributed by atoms with Crippen LogP contribution in [0, 0.1) is 5.92 Å². The van der Waals surface area contributed by atoms with Crippen molar-refractivity contribution in [3.8, 4) is 0 Å². The Balaban J connectivity index is 1.85. The van der Waals surface area contributed by atoms with E-state index in [-0.39, 0.29) is 6.04 Å². The first-order chi connectivity index (χ1) is 10.1. The van der Waals surface area contributed by atoms with Gasteiger partial charge in [-0.25, -0.2) is 8.42 Å². The molecule has 2 fully saturated rings. The third-order valence-corrected chi connectivity index (χ3v) is 6.90. The quantitative estimate of drug-likeness (QED) is 0.929. The van der Waals surface area contributed by atoms with Crippen LogP contribution in [0.15, 0.2) is 29.2 Å². The number of benzene rings is 1. The highest BCUT2D eigenvalue weighted by Gasteiger charge is 2.40. The smallest absolute Gasteiger partial charge is 0.243 e. The van der Waals surface area contributed by atoms with Gasteiger partial charge in [-0.2, -0.15) is 4.31 Å². The van der Waals surface area contributed by atoms with Gasteiger partial charge in [-0.05, 0) is 49.3 Å². The van der Waals surface area contributed by atoms with Crippen molar-refractivity contribution in [1.29, 1.82) is 0 Å². The predicted octanol–water partition coefficient (Wildman–Crippen LogP) is 2.49. The van der Waals surface area contributed by atoms with Gasteiger partial charge < -0.3 is 5.73 Å². The van der Waals surface area contributed by atoms with E-state index >= 15 is 0 Å². The minimum Gasteiger partial charge on any atom is -0.326 e. The summed E-state index contributed by atoms with van der Waals surface area (Å²) in [6.45, 7) is 1.11. The van der Waals surface area contributed by atoms with Gasteiger partial charge in [0.15, 0.2) is 0 Å². The van der Waals surface area contributed by atoms with Gasteiger partial charge in [-0.3, -0.25) is 0 Å². The van der Waals surface area contributed by atoms with Crippen LogP contribution in [0.3, 0.4) is 0 Å². The van der Waals surface area contributed by atoms with Gasteiger partial charge in [0.05, 0.1) is 4.90 Å². The van der Waals surface area contributed by atoms with Crippen LogP contribution in [0.25, 0.3) is 0 Å². The van der Waals surface area contributed by atoms with Gasteiger partial charge in [0.25, 0.3) is 0 Å². The van der Waals surface area contributed by atoms with Gasteiger partial charge in [0.2, 0.25) is 10.0 Å². The van der Waals surface area contributed by atoms with Crippen LogP contribution in [0.1, 0.15) is 44.1 Å². The molecule has 1 aromatic rings. The number of hydrogen-bond donors (Lipinski definition) is 1. The molecule has 5 heteroatoms. The SMILES string of the molecule is NCc1ccc(S(=O)(=O)N2CCCC2C2CCCC2)cc1. The summed E-state index contributed by atoms with van der Waals surface area (Å²) < 4.78 is 27.6. The molecule has 1 aliphatic carbocycles. The lowest BCUT2D eigenvalue weighted by Crippen LogP contribution is -2.39. The van der Waals surface area contributed by atoms with Crippen molar-refractivity contribution in [3.05, 3.63) is 29.8 Å². The predicted molar refractivity (Wildman–Crippen MR) is 83.2 cm³/mol. The maximum Gasteiger partial charge on any atom is 0.243 e. The van der Waals surface area contributed by atoms with E-state index in [1.807, 2.05) is 12.1 Å². The first kappa shape index (κ1) is 15.0. The van der Waals surface area contributed by atoms with Crippen molar-refractivity contribution in [2.75, 3.05) is 6.54 Å². The van der Waals surface area contributed by atoms with Crippen LogP contribution in [0.2, 0.25) is 0 Å². The van der Waals surface area contributed by atoms with Crippen molar-refractivity contribution >= 4 is 10.0 Å². The van der Waals surface area contributed by atoms with Gasteiger partial charge in [-0.1, -0.05) is 25.0 Å². The van der Waals surface area contributed by atoms with Crippen LogP contribution in [-0.2, 0) is 16.6 Å². The lowest BCUT2D eigenvalue weighted by molar-refractivity contribution is 0.288. The number of hydrogen-bond acceptors (Lipinski definition) is 3. The van der Waals surface area contributed by atoms with E-state index in [0.717, 1.165) is 18.4 Å². The fourth-order valence-electron chi connectivity index (χ4n) is 3.81. The second kappa shape index (κ2) is 6.07. The third kappa shape index (κ3) is 2.87. The van der Waals surface area contributed by atoms with Crippen LogP contribution in [-0.4, -0.2) is 25.3 Å². The molecule has 1 saturated heterocycles. The highest BCUT2D eigenvalue weighted by atomic mass is 32.2. The molecule has 0 bridgehead atoms. The summed E-state index contributed by atoms with van der Waals surface area (Å²) in [6.07, 6.45) is 6.87. The van der Waals surface area contributed by atoms with Crippen molar-refractivity contribution < 1.29 is 8.42 Å². The first-order valence-electron chi connectivity index (χ1n) is 7.94. The zero-order chi connectivity index (χ0) is 14.9. The van der Waals surface area contributed by atoms with E-state index in [1.165, 1.54) is 25.7 Å². The van der Waals surface area contributed by atoms with Crippen LogP contribution < -0.4 is 5.73 Å². The number of nitrogens with zero attached hydrogens (tertiary/aromatic N) is 1. The lowest BCUT2D eigenvalue weighted by atomic mass is 9.97. The van der Waals surface area contributed by atoms with Crippen LogP contribution in [0.5, 0.6) is 0 Å². The highest BCUT2D eigenvalue weighted by molar-refractivity contribution is 7.89. The molecule has 21 heavy (non-hydrogen) atoms. The normalized spacial score (nSPS) is 24.7. The van der Waals surface area contributed by atoms with Crippen molar-refractivity contribution in [2.24, 2.45) is 11.7 Å². The molecule has 3 rings (SSSR count). The van der Waals surface area contributed by atoms with Crippen LogP contribution >= 0.6 is 0 Å². The molecule has 2 aliphatic rings.